The van der Waals surface area contributed by atoms with E-state index in [0.717, 1.165) is 10.0 Å². The molecule has 0 heterocycles. The first-order valence-corrected chi connectivity index (χ1v) is 4.71. The molecule has 0 aromatic heterocycles. The van der Waals surface area contributed by atoms with Crippen molar-refractivity contribution in [3.05, 3.63) is 36.8 Å². The third-order valence-electron chi connectivity index (χ3n) is 1.42. The van der Waals surface area contributed by atoms with Crippen LogP contribution in [0.25, 0.3) is 0 Å². The summed E-state index contributed by atoms with van der Waals surface area (Å²) in [5.41, 5.74) is 0.945. The Bertz CT molecular complexity index is 338. The average molecular weight is 295 g/mol. The van der Waals surface area contributed by atoms with Crippen LogP contribution in [0.15, 0.2) is 21.1 Å². The molecule has 0 saturated heterocycles. The Labute approximate surface area is 86.2 Å². The molecular formula is C7H5Br2NO2. The number of nitro groups is 1. The van der Waals surface area contributed by atoms with E-state index in [1.807, 2.05) is 6.92 Å². The molecule has 0 aliphatic heterocycles. The third kappa shape index (κ3) is 1.84. The van der Waals surface area contributed by atoms with E-state index in [0.29, 0.717) is 4.47 Å². The lowest BCUT2D eigenvalue weighted by Crippen LogP contribution is -1.90. The second kappa shape index (κ2) is 3.53. The minimum absolute atomic E-state index is 0.0932. The molecule has 0 unspecified atom stereocenters. The van der Waals surface area contributed by atoms with Gasteiger partial charge in [-0.05, 0) is 34.5 Å². The number of hydrogen-bond acceptors (Lipinski definition) is 2. The second-order valence-corrected chi connectivity index (χ2v) is 4.02. The maximum atomic E-state index is 10.4. The van der Waals surface area contributed by atoms with E-state index in [9.17, 15) is 10.1 Å². The van der Waals surface area contributed by atoms with E-state index in [2.05, 4.69) is 31.9 Å². The molecular weight excluding hydrogens is 290 g/mol. The quantitative estimate of drug-likeness (QED) is 0.588. The topological polar surface area (TPSA) is 43.1 Å². The fraction of sp³-hybridized carbons (Fsp3) is 0.143. The average Bonchev–Trinajstić information content (AvgIpc) is 1.96. The van der Waals surface area contributed by atoms with Gasteiger partial charge in [-0.15, -0.1) is 0 Å². The van der Waals surface area contributed by atoms with Crippen LogP contribution in [0.3, 0.4) is 0 Å². The zero-order chi connectivity index (χ0) is 9.30. The number of nitro benzene ring substituents is 1. The Kier molecular flexibility index (Phi) is 2.85. The molecule has 3 nitrogen and oxygen atoms in total. The van der Waals surface area contributed by atoms with Crippen molar-refractivity contribution in [1.82, 2.24) is 0 Å². The summed E-state index contributed by atoms with van der Waals surface area (Å²) in [4.78, 5) is 10.0. The van der Waals surface area contributed by atoms with E-state index in [1.54, 1.807) is 6.07 Å². The van der Waals surface area contributed by atoms with Gasteiger partial charge in [0.05, 0.1) is 9.40 Å². The smallest absolute Gasteiger partial charge is 0.258 e. The van der Waals surface area contributed by atoms with Crippen LogP contribution in [0, 0.1) is 17.0 Å². The number of benzene rings is 1. The van der Waals surface area contributed by atoms with Gasteiger partial charge in [0, 0.05) is 10.5 Å². The minimum atomic E-state index is -0.413. The number of aryl methyl sites for hydroxylation is 1. The van der Waals surface area contributed by atoms with Crippen LogP contribution in [0.1, 0.15) is 5.56 Å². The van der Waals surface area contributed by atoms with Crippen LogP contribution >= 0.6 is 31.9 Å². The van der Waals surface area contributed by atoms with Crippen molar-refractivity contribution < 1.29 is 4.92 Å². The summed E-state index contributed by atoms with van der Waals surface area (Å²) in [6.07, 6.45) is 0. The van der Waals surface area contributed by atoms with E-state index < -0.39 is 4.92 Å². The van der Waals surface area contributed by atoms with Gasteiger partial charge in [-0.25, -0.2) is 0 Å². The molecule has 0 amide bonds. The normalized spacial score (nSPS) is 9.92. The lowest BCUT2D eigenvalue weighted by molar-refractivity contribution is -0.385. The van der Waals surface area contributed by atoms with Crippen molar-refractivity contribution in [3.8, 4) is 0 Å². The summed E-state index contributed by atoms with van der Waals surface area (Å²) in [6, 6.07) is 3.20. The molecule has 0 radical (unpaired) electrons. The zero-order valence-electron chi connectivity index (χ0n) is 6.17. The van der Waals surface area contributed by atoms with Crippen LogP contribution in [0.4, 0.5) is 5.69 Å². The van der Waals surface area contributed by atoms with Crippen molar-refractivity contribution in [1.29, 1.82) is 0 Å². The highest BCUT2D eigenvalue weighted by atomic mass is 79.9. The van der Waals surface area contributed by atoms with Gasteiger partial charge in [0.25, 0.3) is 5.69 Å². The minimum Gasteiger partial charge on any atom is -0.258 e. The van der Waals surface area contributed by atoms with E-state index in [4.69, 9.17) is 0 Å². The number of halogens is 2. The van der Waals surface area contributed by atoms with Crippen LogP contribution in [0.5, 0.6) is 0 Å². The van der Waals surface area contributed by atoms with Crippen LogP contribution in [-0.2, 0) is 0 Å². The molecule has 0 saturated carbocycles. The van der Waals surface area contributed by atoms with E-state index in [-0.39, 0.29) is 5.69 Å². The summed E-state index contributed by atoms with van der Waals surface area (Å²) in [6.45, 7) is 1.81. The summed E-state index contributed by atoms with van der Waals surface area (Å²) >= 11 is 6.39. The first-order valence-electron chi connectivity index (χ1n) is 3.12. The summed E-state index contributed by atoms with van der Waals surface area (Å²) in [5.74, 6) is 0. The fourth-order valence-electron chi connectivity index (χ4n) is 0.782. The highest BCUT2D eigenvalue weighted by Gasteiger charge is 2.12. The molecule has 0 atom stereocenters. The highest BCUT2D eigenvalue weighted by Crippen LogP contribution is 2.30. The Morgan fingerprint density at radius 3 is 2.42 bits per heavy atom. The third-order valence-corrected chi connectivity index (χ3v) is 2.91. The van der Waals surface area contributed by atoms with Gasteiger partial charge in [0.2, 0.25) is 0 Å². The standard InChI is InChI=1S/C7H5Br2NO2/c1-4-2-7(10(11)12)6(9)3-5(4)8/h2-3H,1H3. The zero-order valence-corrected chi connectivity index (χ0v) is 9.35. The van der Waals surface area contributed by atoms with Crippen LogP contribution in [0.2, 0.25) is 0 Å². The highest BCUT2D eigenvalue weighted by molar-refractivity contribution is 9.11. The van der Waals surface area contributed by atoms with Crippen molar-refractivity contribution >= 4 is 37.5 Å². The largest absolute Gasteiger partial charge is 0.283 e. The molecule has 0 spiro atoms. The van der Waals surface area contributed by atoms with Gasteiger partial charge in [-0.3, -0.25) is 10.1 Å². The predicted molar refractivity (Wildman–Crippen MR) is 53.2 cm³/mol. The van der Waals surface area contributed by atoms with Crippen molar-refractivity contribution in [2.45, 2.75) is 6.92 Å². The summed E-state index contributed by atoms with van der Waals surface area (Å²) < 4.78 is 1.35. The van der Waals surface area contributed by atoms with E-state index in [1.165, 1.54) is 6.07 Å². The number of nitrogens with zero attached hydrogens (tertiary/aromatic N) is 1. The molecule has 0 N–H and O–H groups in total. The molecule has 1 rings (SSSR count). The molecule has 1 aromatic carbocycles. The summed E-state index contributed by atoms with van der Waals surface area (Å²) in [7, 11) is 0. The Hall–Kier alpha value is -0.420. The molecule has 0 fully saturated rings. The molecule has 5 heteroatoms. The monoisotopic (exact) mass is 293 g/mol. The predicted octanol–water partition coefficient (Wildman–Crippen LogP) is 3.43. The maximum absolute atomic E-state index is 10.4. The fourth-order valence-corrected chi connectivity index (χ4v) is 1.92. The SMILES string of the molecule is Cc1cc([N+](=O)[O-])c(Br)cc1Br. The molecule has 64 valence electrons. The van der Waals surface area contributed by atoms with Gasteiger partial charge in [0.15, 0.2) is 0 Å². The van der Waals surface area contributed by atoms with Gasteiger partial charge < -0.3 is 0 Å². The van der Waals surface area contributed by atoms with Crippen molar-refractivity contribution in [2.24, 2.45) is 0 Å². The van der Waals surface area contributed by atoms with Crippen LogP contribution in [-0.4, -0.2) is 4.92 Å². The molecule has 12 heavy (non-hydrogen) atoms. The van der Waals surface area contributed by atoms with Crippen molar-refractivity contribution in [2.75, 3.05) is 0 Å². The summed E-state index contributed by atoms with van der Waals surface area (Å²) in [5, 5.41) is 10.4. The Morgan fingerprint density at radius 2 is 1.92 bits per heavy atom. The number of hydrogen-bond donors (Lipinski definition) is 0. The lowest BCUT2D eigenvalue weighted by Gasteiger charge is -1.99. The Balaban J connectivity index is 3.33. The van der Waals surface area contributed by atoms with Crippen LogP contribution < -0.4 is 0 Å². The second-order valence-electron chi connectivity index (χ2n) is 2.31. The lowest BCUT2D eigenvalue weighted by atomic mass is 10.2. The van der Waals surface area contributed by atoms with Gasteiger partial charge in [-0.2, -0.15) is 0 Å². The van der Waals surface area contributed by atoms with Crippen molar-refractivity contribution in [3.63, 3.8) is 0 Å². The first kappa shape index (κ1) is 9.67. The molecule has 0 aliphatic carbocycles. The Morgan fingerprint density at radius 1 is 1.33 bits per heavy atom. The van der Waals surface area contributed by atoms with E-state index >= 15 is 0 Å². The number of rotatable bonds is 1. The molecule has 0 bridgehead atoms. The first-order chi connectivity index (χ1) is 5.52. The maximum Gasteiger partial charge on any atom is 0.283 e. The van der Waals surface area contributed by atoms with Gasteiger partial charge in [-0.1, -0.05) is 15.9 Å². The van der Waals surface area contributed by atoms with Gasteiger partial charge >= 0.3 is 0 Å². The molecule has 1 aromatic rings. The van der Waals surface area contributed by atoms with Gasteiger partial charge in [0.1, 0.15) is 0 Å². The molecule has 0 aliphatic rings.